The van der Waals surface area contributed by atoms with Gasteiger partial charge < -0.3 is 11.5 Å². The molecule has 1 atom stereocenters. The van der Waals surface area contributed by atoms with Crippen LogP contribution in [0.4, 0.5) is 4.39 Å². The van der Waals surface area contributed by atoms with E-state index in [0.717, 1.165) is 68.1 Å². The van der Waals surface area contributed by atoms with Gasteiger partial charge in [0.25, 0.3) is 0 Å². The molecule has 5 heteroatoms. The molecule has 0 spiro atoms. The minimum atomic E-state index is -0.212. The van der Waals surface area contributed by atoms with Crippen LogP contribution in [0.3, 0.4) is 0 Å². The molecule has 3 saturated carbocycles. The molecule has 0 aromatic heterocycles. The van der Waals surface area contributed by atoms with E-state index in [4.69, 9.17) is 16.5 Å². The summed E-state index contributed by atoms with van der Waals surface area (Å²) in [5.41, 5.74) is 14.9. The van der Waals surface area contributed by atoms with E-state index >= 15 is 0 Å². The Hall–Kier alpha value is -2.01. The number of aldehydes is 1. The van der Waals surface area contributed by atoms with Gasteiger partial charge in [0.15, 0.2) is 6.29 Å². The molecule has 0 radical (unpaired) electrons. The maximum Gasteiger partial charge on any atom is 0.166 e. The van der Waals surface area contributed by atoms with Crippen molar-refractivity contribution < 1.29 is 9.18 Å². The summed E-state index contributed by atoms with van der Waals surface area (Å²) in [6.45, 7) is 0. The summed E-state index contributed by atoms with van der Waals surface area (Å²) < 4.78 is 13.2. The second kappa shape index (κ2) is 12.1. The van der Waals surface area contributed by atoms with Gasteiger partial charge in [-0.15, -0.1) is 0 Å². The van der Waals surface area contributed by atoms with Crippen LogP contribution >= 0.6 is 0 Å². The largest absolute Gasteiger partial charge is 0.396 e. The van der Waals surface area contributed by atoms with Crippen molar-refractivity contribution in [3.05, 3.63) is 46.9 Å². The Morgan fingerprint density at radius 2 is 1.61 bits per heavy atom. The topological polar surface area (TPSA) is 81.5 Å². The van der Waals surface area contributed by atoms with E-state index in [1.165, 1.54) is 50.7 Å². The van der Waals surface area contributed by atoms with Crippen molar-refractivity contribution in [3.8, 4) is 0 Å². The first-order valence-corrected chi connectivity index (χ1v) is 12.1. The van der Waals surface area contributed by atoms with E-state index in [0.29, 0.717) is 17.8 Å². The van der Waals surface area contributed by atoms with E-state index in [1.54, 1.807) is 0 Å². The summed E-state index contributed by atoms with van der Waals surface area (Å²) in [5.74, 6) is 0.0369. The zero-order valence-electron chi connectivity index (χ0n) is 18.7. The Balaban J connectivity index is 0.000000478. The fourth-order valence-corrected chi connectivity index (χ4v) is 4.70. The van der Waals surface area contributed by atoms with E-state index in [2.05, 4.69) is 0 Å². The number of carbonyl (C=O) groups excluding carboxylic acids is 1. The predicted octanol–water partition coefficient (Wildman–Crippen LogP) is 5.24. The lowest BCUT2D eigenvalue weighted by Gasteiger charge is -2.24. The van der Waals surface area contributed by atoms with Gasteiger partial charge in [0.2, 0.25) is 0 Å². The van der Waals surface area contributed by atoms with E-state index in [-0.39, 0.29) is 11.7 Å². The number of hydrogen-bond acceptors (Lipinski definition) is 4. The maximum absolute atomic E-state index is 13.2. The van der Waals surface area contributed by atoms with Crippen LogP contribution in [-0.4, -0.2) is 24.1 Å². The van der Waals surface area contributed by atoms with Gasteiger partial charge >= 0.3 is 0 Å². The summed E-state index contributed by atoms with van der Waals surface area (Å²) in [5, 5.41) is 0. The van der Waals surface area contributed by atoms with Gasteiger partial charge in [-0.3, -0.25) is 9.79 Å². The van der Waals surface area contributed by atoms with Crippen molar-refractivity contribution in [1.82, 2.24) is 0 Å². The van der Waals surface area contributed by atoms with Gasteiger partial charge in [0.1, 0.15) is 5.82 Å². The number of hydrogen-bond donors (Lipinski definition) is 2. The van der Waals surface area contributed by atoms with Crippen molar-refractivity contribution >= 4 is 12.0 Å². The normalized spacial score (nSPS) is 25.7. The van der Waals surface area contributed by atoms with Crippen LogP contribution in [-0.2, 0) is 11.2 Å². The van der Waals surface area contributed by atoms with Crippen molar-refractivity contribution in [2.24, 2.45) is 22.4 Å². The Morgan fingerprint density at radius 3 is 2.19 bits per heavy atom. The summed E-state index contributed by atoms with van der Waals surface area (Å²) >= 11 is 0. The third kappa shape index (κ3) is 7.27. The van der Waals surface area contributed by atoms with Crippen molar-refractivity contribution in [2.45, 2.75) is 95.6 Å². The molecule has 3 fully saturated rings. The average Bonchev–Trinajstić information content (AvgIpc) is 2.97. The van der Waals surface area contributed by atoms with Gasteiger partial charge in [-0.25, -0.2) is 4.39 Å². The molecule has 0 amide bonds. The minimum Gasteiger partial charge on any atom is -0.396 e. The number of carbonyl (C=O) groups is 1. The molecule has 0 heterocycles. The van der Waals surface area contributed by atoms with Crippen molar-refractivity contribution in [2.75, 3.05) is 0 Å². The highest BCUT2D eigenvalue weighted by atomic mass is 19.1. The first kappa shape index (κ1) is 23.6. The molecule has 170 valence electrons. The highest BCUT2D eigenvalue weighted by Crippen LogP contribution is 2.31. The van der Waals surface area contributed by atoms with Gasteiger partial charge in [-0.05, 0) is 74.6 Å². The highest BCUT2D eigenvalue weighted by Gasteiger charge is 2.26. The van der Waals surface area contributed by atoms with Crippen LogP contribution in [0.2, 0.25) is 0 Å². The standard InChI is InChI=1S/C22H29FN2O.C4H9N/c23-18-12-10-16(11-13-18)14-17-6-4-5-9-20(21(24)15-26)22(17)25-19-7-2-1-3-8-19;5-4-2-1-3-4/h10-13,15,17,19H,1-9,14,24H2;4H,1-3,5H2/b21-20-,25-22?;. The van der Waals surface area contributed by atoms with Crippen LogP contribution in [0.5, 0.6) is 0 Å². The third-order valence-electron chi connectivity index (χ3n) is 6.84. The van der Waals surface area contributed by atoms with Crippen LogP contribution in [0.25, 0.3) is 0 Å². The second-order valence-electron chi connectivity index (χ2n) is 9.32. The van der Waals surface area contributed by atoms with Crippen LogP contribution in [0.1, 0.15) is 82.6 Å². The third-order valence-corrected chi connectivity index (χ3v) is 6.84. The molecular weight excluding hydrogens is 389 g/mol. The van der Waals surface area contributed by atoms with Crippen molar-refractivity contribution in [3.63, 3.8) is 0 Å². The Labute approximate surface area is 186 Å². The minimum absolute atomic E-state index is 0.212. The van der Waals surface area contributed by atoms with Gasteiger partial charge in [-0.1, -0.05) is 44.2 Å². The number of benzene rings is 1. The number of allylic oxidation sites excluding steroid dienone is 2. The maximum atomic E-state index is 13.2. The van der Waals surface area contributed by atoms with Crippen LogP contribution in [0.15, 0.2) is 40.5 Å². The number of rotatable bonds is 4. The molecule has 1 aromatic carbocycles. The summed E-state index contributed by atoms with van der Waals surface area (Å²) in [7, 11) is 0. The lowest BCUT2D eigenvalue weighted by atomic mass is 9.87. The molecule has 1 unspecified atom stereocenters. The first-order chi connectivity index (χ1) is 15.1. The number of aliphatic imine (C=N–C) groups is 1. The molecule has 0 aliphatic heterocycles. The fraction of sp³-hybridized carbons (Fsp3) is 0.615. The Bertz CT molecular complexity index is 761. The molecule has 4 nitrogen and oxygen atoms in total. The van der Waals surface area contributed by atoms with E-state index in [1.807, 2.05) is 12.1 Å². The Kier molecular flexibility index (Phi) is 9.26. The SMILES string of the molecule is N/C(C=O)=C1/CCCCC(Cc2ccc(F)cc2)C1=NC1CCCCC1.NC1CCC1. The molecule has 0 bridgehead atoms. The monoisotopic (exact) mass is 427 g/mol. The highest BCUT2D eigenvalue weighted by molar-refractivity contribution is 6.05. The Morgan fingerprint density at radius 1 is 0.968 bits per heavy atom. The molecular formula is C26H38FN3O. The fourth-order valence-electron chi connectivity index (χ4n) is 4.70. The molecule has 4 rings (SSSR count). The van der Waals surface area contributed by atoms with Crippen LogP contribution < -0.4 is 11.5 Å². The van der Waals surface area contributed by atoms with E-state index < -0.39 is 0 Å². The molecule has 1 aromatic rings. The summed E-state index contributed by atoms with van der Waals surface area (Å²) in [4.78, 5) is 16.5. The second-order valence-corrected chi connectivity index (χ2v) is 9.32. The zero-order chi connectivity index (χ0) is 22.1. The lowest BCUT2D eigenvalue weighted by Crippen LogP contribution is -2.27. The van der Waals surface area contributed by atoms with Crippen LogP contribution in [0, 0.1) is 11.7 Å². The molecule has 4 N–H and O–H groups in total. The first-order valence-electron chi connectivity index (χ1n) is 12.1. The van der Waals surface area contributed by atoms with Gasteiger partial charge in [0, 0.05) is 17.7 Å². The average molecular weight is 428 g/mol. The summed E-state index contributed by atoms with van der Waals surface area (Å²) in [6.07, 6.45) is 15.5. The predicted molar refractivity (Wildman–Crippen MR) is 125 cm³/mol. The number of halogens is 1. The van der Waals surface area contributed by atoms with E-state index in [9.17, 15) is 9.18 Å². The molecule has 0 saturated heterocycles. The quantitative estimate of drug-likeness (QED) is 0.392. The lowest BCUT2D eigenvalue weighted by molar-refractivity contribution is -0.105. The number of nitrogens with zero attached hydrogens (tertiary/aromatic N) is 1. The zero-order valence-corrected chi connectivity index (χ0v) is 18.7. The molecule has 31 heavy (non-hydrogen) atoms. The summed E-state index contributed by atoms with van der Waals surface area (Å²) in [6, 6.07) is 7.65. The smallest absolute Gasteiger partial charge is 0.166 e. The number of nitrogens with two attached hydrogens (primary N) is 2. The molecule has 3 aliphatic carbocycles. The van der Waals surface area contributed by atoms with Crippen molar-refractivity contribution in [1.29, 1.82) is 0 Å². The molecule has 3 aliphatic rings. The van der Waals surface area contributed by atoms with Gasteiger partial charge in [0.05, 0.1) is 11.7 Å². The van der Waals surface area contributed by atoms with Gasteiger partial charge in [-0.2, -0.15) is 0 Å².